The molecule has 0 aliphatic heterocycles. The number of nitrogens with one attached hydrogen (secondary N) is 1. The van der Waals surface area contributed by atoms with E-state index in [9.17, 15) is 4.39 Å². The molecule has 0 aliphatic carbocycles. The fraction of sp³-hybridized carbons (Fsp3) is 0.200. The number of fused-ring (bicyclic) bond motifs is 1. The fourth-order valence-corrected chi connectivity index (χ4v) is 3.39. The van der Waals surface area contributed by atoms with Gasteiger partial charge in [-0.25, -0.2) is 4.39 Å². The topological polar surface area (TPSA) is 25.2 Å². The lowest BCUT2D eigenvalue weighted by atomic mass is 10.1. The van der Waals surface area contributed by atoms with E-state index < -0.39 is 0 Å². The molecule has 0 saturated heterocycles. The molecule has 98 valence electrons. The van der Waals surface area contributed by atoms with Crippen molar-refractivity contribution in [2.75, 3.05) is 6.54 Å². The standard InChI is InChI=1S/C15H14FNOS/c1-2-17-15(11-5-6-18-9-11)14-7-10-3-4-12(16)8-13(10)19-14/h3-9,15,17H,2H2,1H3. The molecule has 19 heavy (non-hydrogen) atoms. The fourth-order valence-electron chi connectivity index (χ4n) is 2.19. The van der Waals surface area contributed by atoms with Gasteiger partial charge in [0, 0.05) is 15.1 Å². The quantitative estimate of drug-likeness (QED) is 0.766. The number of rotatable bonds is 4. The molecule has 0 radical (unpaired) electrons. The summed E-state index contributed by atoms with van der Waals surface area (Å²) in [6, 6.07) is 9.08. The first-order chi connectivity index (χ1) is 9.28. The Kier molecular flexibility index (Phi) is 3.36. The zero-order chi connectivity index (χ0) is 13.2. The Morgan fingerprint density at radius 3 is 2.95 bits per heavy atom. The molecule has 1 N–H and O–H groups in total. The van der Waals surface area contributed by atoms with Crippen molar-refractivity contribution in [1.82, 2.24) is 5.32 Å². The van der Waals surface area contributed by atoms with E-state index in [2.05, 4.69) is 18.3 Å². The number of halogens is 1. The van der Waals surface area contributed by atoms with Crippen LogP contribution in [0, 0.1) is 5.82 Å². The van der Waals surface area contributed by atoms with Crippen molar-refractivity contribution in [3.8, 4) is 0 Å². The highest BCUT2D eigenvalue weighted by Gasteiger charge is 2.17. The second kappa shape index (κ2) is 5.15. The average molecular weight is 275 g/mol. The zero-order valence-corrected chi connectivity index (χ0v) is 11.3. The van der Waals surface area contributed by atoms with Gasteiger partial charge in [-0.3, -0.25) is 0 Å². The first-order valence-electron chi connectivity index (χ1n) is 6.22. The number of furan rings is 1. The Morgan fingerprint density at radius 2 is 2.21 bits per heavy atom. The third-order valence-corrected chi connectivity index (χ3v) is 4.23. The van der Waals surface area contributed by atoms with E-state index in [0.717, 1.165) is 22.2 Å². The number of hydrogen-bond donors (Lipinski definition) is 1. The van der Waals surface area contributed by atoms with Gasteiger partial charge in [-0.05, 0) is 36.2 Å². The number of benzene rings is 1. The Bertz CT molecular complexity index is 675. The normalized spacial score (nSPS) is 12.9. The van der Waals surface area contributed by atoms with E-state index in [0.29, 0.717) is 0 Å². The van der Waals surface area contributed by atoms with E-state index in [1.165, 1.54) is 10.9 Å². The first kappa shape index (κ1) is 12.4. The summed E-state index contributed by atoms with van der Waals surface area (Å²) in [6.07, 6.45) is 3.42. The van der Waals surface area contributed by atoms with Gasteiger partial charge in [-0.15, -0.1) is 11.3 Å². The molecule has 1 aromatic carbocycles. The van der Waals surface area contributed by atoms with Crippen LogP contribution >= 0.6 is 11.3 Å². The maximum Gasteiger partial charge on any atom is 0.124 e. The van der Waals surface area contributed by atoms with Crippen molar-refractivity contribution in [3.05, 3.63) is 59.1 Å². The summed E-state index contributed by atoms with van der Waals surface area (Å²) in [5.74, 6) is -0.191. The van der Waals surface area contributed by atoms with Crippen LogP contribution in [0.1, 0.15) is 23.4 Å². The lowest BCUT2D eigenvalue weighted by molar-refractivity contribution is 0.554. The minimum absolute atomic E-state index is 0.101. The zero-order valence-electron chi connectivity index (χ0n) is 10.5. The van der Waals surface area contributed by atoms with Crippen LogP contribution in [0.3, 0.4) is 0 Å². The summed E-state index contributed by atoms with van der Waals surface area (Å²) in [5.41, 5.74) is 1.09. The van der Waals surface area contributed by atoms with Crippen LogP contribution in [0.5, 0.6) is 0 Å². The van der Waals surface area contributed by atoms with Gasteiger partial charge in [0.25, 0.3) is 0 Å². The van der Waals surface area contributed by atoms with Crippen molar-refractivity contribution in [2.45, 2.75) is 13.0 Å². The Labute approximate surface area is 114 Å². The summed E-state index contributed by atoms with van der Waals surface area (Å²) < 4.78 is 19.4. The van der Waals surface area contributed by atoms with Crippen molar-refractivity contribution in [2.24, 2.45) is 0 Å². The SMILES string of the molecule is CCNC(c1ccoc1)c1cc2ccc(F)cc2s1. The van der Waals surface area contributed by atoms with E-state index in [-0.39, 0.29) is 11.9 Å². The molecule has 0 fully saturated rings. The van der Waals surface area contributed by atoms with Crippen LogP contribution < -0.4 is 5.32 Å². The summed E-state index contributed by atoms with van der Waals surface area (Å²) in [7, 11) is 0. The summed E-state index contributed by atoms with van der Waals surface area (Å²) >= 11 is 1.61. The van der Waals surface area contributed by atoms with Gasteiger partial charge in [0.2, 0.25) is 0 Å². The summed E-state index contributed by atoms with van der Waals surface area (Å²) in [6.45, 7) is 2.93. The Hall–Kier alpha value is -1.65. The smallest absolute Gasteiger partial charge is 0.124 e. The molecular weight excluding hydrogens is 261 g/mol. The van der Waals surface area contributed by atoms with E-state index in [4.69, 9.17) is 4.42 Å². The second-order valence-corrected chi connectivity index (χ2v) is 5.49. The minimum Gasteiger partial charge on any atom is -0.472 e. The molecule has 0 bridgehead atoms. The molecule has 2 nitrogen and oxygen atoms in total. The van der Waals surface area contributed by atoms with Gasteiger partial charge in [0.05, 0.1) is 18.6 Å². The van der Waals surface area contributed by atoms with Crippen molar-refractivity contribution in [3.63, 3.8) is 0 Å². The van der Waals surface area contributed by atoms with Crippen LogP contribution in [-0.2, 0) is 0 Å². The molecule has 0 spiro atoms. The lowest BCUT2D eigenvalue weighted by Crippen LogP contribution is -2.20. The molecule has 3 rings (SSSR count). The van der Waals surface area contributed by atoms with Crippen LogP contribution in [0.4, 0.5) is 4.39 Å². The van der Waals surface area contributed by atoms with Gasteiger partial charge in [0.15, 0.2) is 0 Å². The molecule has 4 heteroatoms. The van der Waals surface area contributed by atoms with Crippen LogP contribution in [0.25, 0.3) is 10.1 Å². The predicted molar refractivity (Wildman–Crippen MR) is 76.0 cm³/mol. The molecule has 0 aliphatic rings. The second-order valence-electron chi connectivity index (χ2n) is 4.38. The van der Waals surface area contributed by atoms with Gasteiger partial charge in [-0.2, -0.15) is 0 Å². The molecule has 2 aromatic heterocycles. The van der Waals surface area contributed by atoms with E-state index >= 15 is 0 Å². The Balaban J connectivity index is 2.05. The molecule has 1 atom stereocenters. The molecule has 3 aromatic rings. The third-order valence-electron chi connectivity index (χ3n) is 3.07. The van der Waals surface area contributed by atoms with Gasteiger partial charge in [0.1, 0.15) is 5.82 Å². The van der Waals surface area contributed by atoms with E-state index in [1.54, 1.807) is 29.9 Å². The average Bonchev–Trinajstić information content (AvgIpc) is 3.04. The largest absolute Gasteiger partial charge is 0.472 e. The predicted octanol–water partition coefficient (Wildman–Crippen LogP) is 4.33. The lowest BCUT2D eigenvalue weighted by Gasteiger charge is -2.14. The summed E-state index contributed by atoms with van der Waals surface area (Å²) in [4.78, 5) is 1.17. The maximum absolute atomic E-state index is 13.2. The van der Waals surface area contributed by atoms with Crippen LogP contribution in [0.2, 0.25) is 0 Å². The number of hydrogen-bond acceptors (Lipinski definition) is 3. The molecule has 0 amide bonds. The maximum atomic E-state index is 13.2. The van der Waals surface area contributed by atoms with E-state index in [1.807, 2.05) is 12.1 Å². The highest BCUT2D eigenvalue weighted by atomic mass is 32.1. The monoisotopic (exact) mass is 275 g/mol. The first-order valence-corrected chi connectivity index (χ1v) is 7.04. The Morgan fingerprint density at radius 1 is 1.32 bits per heavy atom. The van der Waals surface area contributed by atoms with Crippen LogP contribution in [-0.4, -0.2) is 6.54 Å². The third kappa shape index (κ3) is 2.41. The molecule has 0 saturated carbocycles. The van der Waals surface area contributed by atoms with Crippen molar-refractivity contribution >= 4 is 21.4 Å². The molecular formula is C15H14FNOS. The van der Waals surface area contributed by atoms with Gasteiger partial charge < -0.3 is 9.73 Å². The van der Waals surface area contributed by atoms with Gasteiger partial charge in [-0.1, -0.05) is 13.0 Å². The number of thiophene rings is 1. The summed E-state index contributed by atoms with van der Waals surface area (Å²) in [5, 5.41) is 4.51. The minimum atomic E-state index is -0.191. The van der Waals surface area contributed by atoms with Crippen molar-refractivity contribution in [1.29, 1.82) is 0 Å². The van der Waals surface area contributed by atoms with Crippen molar-refractivity contribution < 1.29 is 8.81 Å². The highest BCUT2D eigenvalue weighted by molar-refractivity contribution is 7.19. The van der Waals surface area contributed by atoms with Crippen LogP contribution in [0.15, 0.2) is 47.3 Å². The van der Waals surface area contributed by atoms with Gasteiger partial charge >= 0.3 is 0 Å². The molecule has 2 heterocycles. The highest BCUT2D eigenvalue weighted by Crippen LogP contribution is 2.33. The molecule has 1 unspecified atom stereocenters.